The lowest BCUT2D eigenvalue weighted by molar-refractivity contribution is -0.138. The van der Waals surface area contributed by atoms with E-state index >= 15 is 0 Å². The number of carbonyl (C=O) groups excluding carboxylic acids is 1. The second kappa shape index (κ2) is 11.7. The first kappa shape index (κ1) is 27.0. The fourth-order valence-corrected chi connectivity index (χ4v) is 6.17. The Morgan fingerprint density at radius 1 is 1.00 bits per heavy atom. The summed E-state index contributed by atoms with van der Waals surface area (Å²) in [6, 6.07) is 30.0. The van der Waals surface area contributed by atoms with Crippen LogP contribution < -0.4 is 19.6 Å². The molecule has 0 saturated carbocycles. The lowest BCUT2D eigenvalue weighted by Crippen LogP contribution is -2.40. The van der Waals surface area contributed by atoms with Crippen LogP contribution in [0, 0.1) is 12.3 Å². The Kier molecular flexibility index (Phi) is 7.54. The van der Waals surface area contributed by atoms with E-state index in [9.17, 15) is 9.59 Å². The van der Waals surface area contributed by atoms with Gasteiger partial charge in [-0.3, -0.25) is 9.36 Å². The molecule has 6 rings (SSSR count). The van der Waals surface area contributed by atoms with Crippen molar-refractivity contribution in [2.75, 3.05) is 13.2 Å². The van der Waals surface area contributed by atoms with Gasteiger partial charge in [0.2, 0.25) is 0 Å². The predicted octanol–water partition coefficient (Wildman–Crippen LogP) is 5.10. The van der Waals surface area contributed by atoms with E-state index in [1.54, 1.807) is 11.5 Å². The molecule has 0 radical (unpaired) electrons. The summed E-state index contributed by atoms with van der Waals surface area (Å²) in [6.45, 7) is 2.05. The number of thiazole rings is 1. The van der Waals surface area contributed by atoms with Crippen LogP contribution in [0.1, 0.15) is 29.7 Å². The van der Waals surface area contributed by atoms with Gasteiger partial charge in [0.15, 0.2) is 4.80 Å². The number of terminal acetylenes is 1. The van der Waals surface area contributed by atoms with Gasteiger partial charge >= 0.3 is 5.97 Å². The van der Waals surface area contributed by atoms with E-state index in [4.69, 9.17) is 20.9 Å². The van der Waals surface area contributed by atoms with Crippen molar-refractivity contribution in [2.45, 2.75) is 13.0 Å². The lowest BCUT2D eigenvalue weighted by atomic mass is 9.93. The molecule has 0 N–H and O–H groups in total. The summed E-state index contributed by atoms with van der Waals surface area (Å²) in [7, 11) is 0. The fourth-order valence-electron chi connectivity index (χ4n) is 5.19. The maximum atomic E-state index is 14.3. The maximum Gasteiger partial charge on any atom is 0.338 e. The Bertz CT molecular complexity index is 2050. The van der Waals surface area contributed by atoms with Crippen molar-refractivity contribution in [1.82, 2.24) is 4.57 Å². The molecule has 206 valence electrons. The third-order valence-corrected chi connectivity index (χ3v) is 7.99. The van der Waals surface area contributed by atoms with E-state index in [-0.39, 0.29) is 18.8 Å². The summed E-state index contributed by atoms with van der Waals surface area (Å²) in [6.07, 6.45) is 7.31. The highest BCUT2D eigenvalue weighted by atomic mass is 32.1. The number of fused-ring (bicyclic) bond motifs is 2. The van der Waals surface area contributed by atoms with Crippen molar-refractivity contribution >= 4 is 39.9 Å². The minimum Gasteiger partial charge on any atom is -0.480 e. The second-order valence-electron chi connectivity index (χ2n) is 9.53. The zero-order chi connectivity index (χ0) is 29.1. The fraction of sp³-hybridized carbons (Fsp3) is 0.114. The molecule has 5 aromatic rings. The van der Waals surface area contributed by atoms with Gasteiger partial charge in [-0.1, -0.05) is 108 Å². The number of nitrogens with zero attached hydrogens (tertiary/aromatic N) is 2. The summed E-state index contributed by atoms with van der Waals surface area (Å²) in [5.41, 5.74) is 2.82. The van der Waals surface area contributed by atoms with E-state index in [0.29, 0.717) is 26.4 Å². The smallest absolute Gasteiger partial charge is 0.338 e. The minimum absolute atomic E-state index is 0.0950. The van der Waals surface area contributed by atoms with Gasteiger partial charge in [0.25, 0.3) is 5.56 Å². The number of hydrogen-bond acceptors (Lipinski definition) is 6. The molecule has 0 saturated heterocycles. The van der Waals surface area contributed by atoms with Gasteiger partial charge in [-0.25, -0.2) is 9.79 Å². The molecular weight excluding hydrogens is 544 g/mol. The van der Waals surface area contributed by atoms with E-state index < -0.39 is 12.0 Å². The molecule has 42 heavy (non-hydrogen) atoms. The van der Waals surface area contributed by atoms with Gasteiger partial charge in [0.1, 0.15) is 12.4 Å². The zero-order valence-electron chi connectivity index (χ0n) is 22.8. The summed E-state index contributed by atoms with van der Waals surface area (Å²) < 4.78 is 13.5. The van der Waals surface area contributed by atoms with Crippen molar-refractivity contribution in [2.24, 2.45) is 4.99 Å². The van der Waals surface area contributed by atoms with Crippen molar-refractivity contribution in [3.8, 4) is 18.1 Å². The van der Waals surface area contributed by atoms with E-state index in [1.807, 2.05) is 103 Å². The largest absolute Gasteiger partial charge is 0.480 e. The molecule has 0 fully saturated rings. The van der Waals surface area contributed by atoms with E-state index in [1.165, 1.54) is 11.3 Å². The first-order chi connectivity index (χ1) is 20.6. The normalized spacial score (nSPS) is 14.7. The monoisotopic (exact) mass is 570 g/mol. The van der Waals surface area contributed by atoms with Gasteiger partial charge < -0.3 is 9.47 Å². The summed E-state index contributed by atoms with van der Waals surface area (Å²) in [5, 5.41) is 1.93. The average molecular weight is 571 g/mol. The Balaban J connectivity index is 1.66. The number of ether oxygens (including phenoxy) is 2. The standard InChI is InChI=1S/C35H26N2O4S/c1-3-21-41-28-20-19-23-13-11-12-18-26(23)27(28)22-29-33(38)37-32(25-16-9-6-10-17-25)30(34(39)40-4-2)31(36-35(37)42-29)24-14-7-5-8-15-24/h1,5-20,22,32H,4,21H2,2H3/b29-22-/t32-/m0/s1. The molecule has 1 atom stereocenters. The topological polar surface area (TPSA) is 69.9 Å². The molecule has 7 heteroatoms. The third kappa shape index (κ3) is 4.93. The van der Waals surface area contributed by atoms with Crippen LogP contribution in [0.2, 0.25) is 0 Å². The molecule has 1 aromatic heterocycles. The third-order valence-electron chi connectivity index (χ3n) is 7.01. The summed E-state index contributed by atoms with van der Waals surface area (Å²) in [4.78, 5) is 33.3. The summed E-state index contributed by atoms with van der Waals surface area (Å²) >= 11 is 1.27. The molecule has 0 amide bonds. The van der Waals surface area contributed by atoms with Crippen LogP contribution >= 0.6 is 11.3 Å². The van der Waals surface area contributed by atoms with Gasteiger partial charge in [-0.05, 0) is 35.4 Å². The average Bonchev–Trinajstić information content (AvgIpc) is 3.35. The minimum atomic E-state index is -0.733. The van der Waals surface area contributed by atoms with Gasteiger partial charge in [-0.2, -0.15) is 0 Å². The Morgan fingerprint density at radius 2 is 1.71 bits per heavy atom. The molecule has 2 heterocycles. The van der Waals surface area contributed by atoms with Gasteiger partial charge in [0.05, 0.1) is 28.5 Å². The molecule has 1 aliphatic heterocycles. The molecule has 0 unspecified atom stereocenters. The van der Waals surface area contributed by atoms with Gasteiger partial charge in [-0.15, -0.1) is 6.42 Å². The van der Waals surface area contributed by atoms with Crippen LogP contribution in [0.4, 0.5) is 0 Å². The number of esters is 1. The van der Waals surface area contributed by atoms with Crippen LogP contribution in [-0.2, 0) is 9.53 Å². The maximum absolute atomic E-state index is 14.3. The summed E-state index contributed by atoms with van der Waals surface area (Å²) in [5.74, 6) is 2.58. The van der Waals surface area contributed by atoms with E-state index in [2.05, 4.69) is 5.92 Å². The van der Waals surface area contributed by atoms with Crippen LogP contribution in [0.3, 0.4) is 0 Å². The number of aromatic nitrogens is 1. The van der Waals surface area contributed by atoms with Gasteiger partial charge in [0, 0.05) is 11.1 Å². The van der Waals surface area contributed by atoms with Crippen molar-refractivity contribution in [3.63, 3.8) is 0 Å². The number of rotatable bonds is 7. The van der Waals surface area contributed by atoms with Crippen molar-refractivity contribution in [1.29, 1.82) is 0 Å². The second-order valence-corrected chi connectivity index (χ2v) is 10.5. The Morgan fingerprint density at radius 3 is 2.45 bits per heavy atom. The lowest BCUT2D eigenvalue weighted by Gasteiger charge is -2.25. The molecule has 0 spiro atoms. The van der Waals surface area contributed by atoms with Crippen molar-refractivity contribution in [3.05, 3.63) is 139 Å². The first-order valence-electron chi connectivity index (χ1n) is 13.5. The molecule has 0 aliphatic carbocycles. The van der Waals surface area contributed by atoms with E-state index in [0.717, 1.165) is 27.5 Å². The number of benzene rings is 4. The quantitative estimate of drug-likeness (QED) is 0.202. The van der Waals surface area contributed by atoms with Crippen LogP contribution in [0.5, 0.6) is 5.75 Å². The molecule has 4 aromatic carbocycles. The molecular formula is C35H26N2O4S. The van der Waals surface area contributed by atoms with Crippen LogP contribution in [-0.4, -0.2) is 23.8 Å². The van der Waals surface area contributed by atoms with Crippen LogP contribution in [0.15, 0.2) is 112 Å². The Hall–Kier alpha value is -5.19. The SMILES string of the molecule is C#CCOc1ccc2ccccc2c1/C=c1\sc2n(c1=O)[C@@H](c1ccccc1)C(C(=O)OCC)=C(c1ccccc1)N=2. The highest BCUT2D eigenvalue weighted by Crippen LogP contribution is 2.35. The zero-order valence-corrected chi connectivity index (χ0v) is 23.6. The number of carbonyl (C=O) groups is 1. The predicted molar refractivity (Wildman–Crippen MR) is 166 cm³/mol. The highest BCUT2D eigenvalue weighted by Gasteiger charge is 2.35. The molecule has 0 bridgehead atoms. The molecule has 6 nitrogen and oxygen atoms in total. The highest BCUT2D eigenvalue weighted by molar-refractivity contribution is 7.07. The van der Waals surface area contributed by atoms with Crippen LogP contribution in [0.25, 0.3) is 22.5 Å². The van der Waals surface area contributed by atoms with Crippen molar-refractivity contribution < 1.29 is 14.3 Å². The Labute approximate surface area is 246 Å². The first-order valence-corrected chi connectivity index (χ1v) is 14.3. The molecule has 1 aliphatic rings. The number of hydrogen-bond donors (Lipinski definition) is 0.